The molecule has 0 radical (unpaired) electrons. The first kappa shape index (κ1) is 17.5. The first-order chi connectivity index (χ1) is 13.7. The Bertz CT molecular complexity index is 1030. The molecule has 2 aromatic carbocycles. The summed E-state index contributed by atoms with van der Waals surface area (Å²) in [7, 11) is 0. The maximum atomic E-state index is 12.4. The van der Waals surface area contributed by atoms with Crippen molar-refractivity contribution in [1.82, 2.24) is 4.98 Å². The molecular formula is C21H16N2O5. The molecule has 2 heterocycles. The zero-order valence-corrected chi connectivity index (χ0v) is 14.8. The lowest BCUT2D eigenvalue weighted by molar-refractivity contribution is -0.142. The second-order valence-corrected chi connectivity index (χ2v) is 5.97. The fourth-order valence-electron chi connectivity index (χ4n) is 2.68. The van der Waals surface area contributed by atoms with E-state index in [0.717, 1.165) is 5.56 Å². The van der Waals surface area contributed by atoms with E-state index in [-0.39, 0.29) is 30.6 Å². The number of nitrogens with zero attached hydrogens (tertiary/aromatic N) is 1. The van der Waals surface area contributed by atoms with Gasteiger partial charge in [0.05, 0.1) is 6.20 Å². The van der Waals surface area contributed by atoms with Crippen molar-refractivity contribution < 1.29 is 23.5 Å². The molecule has 0 fully saturated rings. The van der Waals surface area contributed by atoms with Crippen LogP contribution >= 0.6 is 0 Å². The summed E-state index contributed by atoms with van der Waals surface area (Å²) in [5.41, 5.74) is 1.40. The van der Waals surface area contributed by atoms with Crippen LogP contribution in [-0.4, -0.2) is 23.3 Å². The first-order valence-electron chi connectivity index (χ1n) is 8.60. The number of nitrogens with one attached hydrogen (secondary N) is 1. The van der Waals surface area contributed by atoms with Crippen LogP contribution in [0.15, 0.2) is 82.7 Å². The van der Waals surface area contributed by atoms with Gasteiger partial charge in [0.2, 0.25) is 17.6 Å². The van der Waals surface area contributed by atoms with Crippen LogP contribution in [0.25, 0.3) is 11.3 Å². The Morgan fingerprint density at radius 2 is 1.79 bits per heavy atom. The van der Waals surface area contributed by atoms with Gasteiger partial charge in [0.25, 0.3) is 0 Å². The number of ether oxygens (including phenoxy) is 2. The number of benzene rings is 2. The minimum absolute atomic E-state index is 0.0820. The summed E-state index contributed by atoms with van der Waals surface area (Å²) < 4.78 is 16.1. The van der Waals surface area contributed by atoms with Crippen molar-refractivity contribution in [2.24, 2.45) is 0 Å². The summed E-state index contributed by atoms with van der Waals surface area (Å²) in [6, 6.07) is 18.5. The number of rotatable bonds is 6. The van der Waals surface area contributed by atoms with Gasteiger partial charge in [-0.15, -0.1) is 0 Å². The number of anilines is 1. The second kappa shape index (κ2) is 7.79. The quantitative estimate of drug-likeness (QED) is 0.521. The summed E-state index contributed by atoms with van der Waals surface area (Å²) in [5.74, 6) is -0.353. The third-order valence-electron chi connectivity index (χ3n) is 4.03. The number of carbonyl (C=O) groups excluding carboxylic acids is 2. The van der Waals surface area contributed by atoms with Gasteiger partial charge in [-0.05, 0) is 12.1 Å². The van der Waals surface area contributed by atoms with Gasteiger partial charge >= 0.3 is 5.97 Å². The molecule has 0 spiro atoms. The largest absolute Gasteiger partial charge is 0.470 e. The van der Waals surface area contributed by atoms with Gasteiger partial charge in [0.15, 0.2) is 24.5 Å². The summed E-state index contributed by atoms with van der Waals surface area (Å²) in [5, 5.41) is 2.92. The molecule has 0 bridgehead atoms. The van der Waals surface area contributed by atoms with E-state index in [0.29, 0.717) is 11.4 Å². The van der Waals surface area contributed by atoms with Crippen LogP contribution in [-0.2, 0) is 25.7 Å². The maximum absolute atomic E-state index is 12.4. The van der Waals surface area contributed by atoms with Crippen LogP contribution in [0, 0.1) is 0 Å². The van der Waals surface area contributed by atoms with Crippen molar-refractivity contribution in [2.75, 3.05) is 11.9 Å². The van der Waals surface area contributed by atoms with Gasteiger partial charge in [-0.1, -0.05) is 48.5 Å². The molecule has 7 heteroatoms. The zero-order valence-electron chi connectivity index (χ0n) is 14.8. The lowest BCUT2D eigenvalue weighted by atomic mass is 10.2. The predicted molar refractivity (Wildman–Crippen MR) is 99.8 cm³/mol. The second-order valence-electron chi connectivity index (χ2n) is 5.97. The highest BCUT2D eigenvalue weighted by Gasteiger charge is 2.32. The molecule has 1 aromatic heterocycles. The topological polar surface area (TPSA) is 90.7 Å². The highest BCUT2D eigenvalue weighted by Crippen LogP contribution is 2.22. The van der Waals surface area contributed by atoms with Gasteiger partial charge in [-0.2, -0.15) is 0 Å². The number of esters is 1. The Balaban J connectivity index is 1.44. The number of hydrogen-bond donors (Lipinski definition) is 1. The molecule has 28 heavy (non-hydrogen) atoms. The van der Waals surface area contributed by atoms with Crippen molar-refractivity contribution in [3.63, 3.8) is 0 Å². The molecule has 3 aromatic rings. The minimum atomic E-state index is -0.791. The molecule has 0 atom stereocenters. The first-order valence-corrected chi connectivity index (χ1v) is 8.60. The highest BCUT2D eigenvalue weighted by molar-refractivity contribution is 6.19. The van der Waals surface area contributed by atoms with Crippen molar-refractivity contribution in [2.45, 2.75) is 6.61 Å². The van der Waals surface area contributed by atoms with Crippen LogP contribution in [0.4, 0.5) is 5.69 Å². The van der Waals surface area contributed by atoms with Crippen LogP contribution in [0.1, 0.15) is 5.89 Å². The van der Waals surface area contributed by atoms with Crippen LogP contribution in [0.5, 0.6) is 0 Å². The van der Waals surface area contributed by atoms with E-state index in [4.69, 9.17) is 13.9 Å². The van der Waals surface area contributed by atoms with Gasteiger partial charge in [-0.3, -0.25) is 4.79 Å². The van der Waals surface area contributed by atoms with E-state index < -0.39 is 11.8 Å². The Morgan fingerprint density at radius 3 is 2.54 bits per heavy atom. The number of aromatic nitrogens is 1. The molecule has 0 saturated carbocycles. The molecule has 0 aliphatic carbocycles. The van der Waals surface area contributed by atoms with Gasteiger partial charge in [0, 0.05) is 11.3 Å². The summed E-state index contributed by atoms with van der Waals surface area (Å²) in [4.78, 5) is 28.6. The van der Waals surface area contributed by atoms with Crippen molar-refractivity contribution in [1.29, 1.82) is 0 Å². The maximum Gasteiger partial charge on any atom is 0.347 e. The van der Waals surface area contributed by atoms with Gasteiger partial charge in [0.1, 0.15) is 0 Å². The monoisotopic (exact) mass is 376 g/mol. The normalized spacial score (nSPS) is 13.4. The van der Waals surface area contributed by atoms with Crippen molar-refractivity contribution in [3.05, 3.63) is 84.2 Å². The Labute approximate surface area is 160 Å². The number of Topliss-reactive ketones (excluding diaryl/α,β-unsaturated/α-hetero) is 1. The predicted octanol–water partition coefficient (Wildman–Crippen LogP) is 3.31. The summed E-state index contributed by atoms with van der Waals surface area (Å²) in [6.45, 7) is -0.405. The average molecular weight is 376 g/mol. The van der Waals surface area contributed by atoms with E-state index >= 15 is 0 Å². The van der Waals surface area contributed by atoms with Crippen LogP contribution in [0.3, 0.4) is 0 Å². The molecule has 0 unspecified atom stereocenters. The summed E-state index contributed by atoms with van der Waals surface area (Å²) in [6.07, 6.45) is 1.56. The van der Waals surface area contributed by atoms with E-state index in [2.05, 4.69) is 10.3 Å². The molecule has 7 nitrogen and oxygen atoms in total. The van der Waals surface area contributed by atoms with Crippen molar-refractivity contribution >= 4 is 17.4 Å². The lowest BCUT2D eigenvalue weighted by Crippen LogP contribution is -2.16. The van der Waals surface area contributed by atoms with E-state index in [1.807, 2.05) is 48.5 Å². The molecule has 1 aliphatic heterocycles. The Kier molecular flexibility index (Phi) is 4.88. The number of ketones is 1. The molecule has 1 N–H and O–H groups in total. The molecule has 1 aliphatic rings. The smallest absolute Gasteiger partial charge is 0.347 e. The van der Waals surface area contributed by atoms with Crippen molar-refractivity contribution in [3.8, 4) is 11.3 Å². The fourth-order valence-corrected chi connectivity index (χ4v) is 2.68. The summed E-state index contributed by atoms with van der Waals surface area (Å²) >= 11 is 0. The number of hydrogen-bond acceptors (Lipinski definition) is 7. The number of oxazole rings is 1. The third kappa shape index (κ3) is 3.78. The third-order valence-corrected chi connectivity index (χ3v) is 4.03. The fraction of sp³-hybridized carbons (Fsp3) is 0.0952. The molecule has 0 amide bonds. The molecule has 140 valence electrons. The SMILES string of the molecule is O=C1COC(Nc2ccccc2)=C1C(=O)OCc1ncc(-c2ccccc2)o1. The Morgan fingerprint density at radius 1 is 1.07 bits per heavy atom. The van der Waals surface area contributed by atoms with E-state index in [1.165, 1.54) is 0 Å². The number of para-hydroxylation sites is 1. The van der Waals surface area contributed by atoms with Crippen LogP contribution in [0.2, 0.25) is 0 Å². The Hall–Kier alpha value is -3.87. The molecule has 0 saturated heterocycles. The minimum Gasteiger partial charge on any atom is -0.470 e. The molecule has 4 rings (SSSR count). The lowest BCUT2D eigenvalue weighted by Gasteiger charge is -2.08. The van der Waals surface area contributed by atoms with E-state index in [1.54, 1.807) is 18.3 Å². The highest BCUT2D eigenvalue weighted by atomic mass is 16.5. The van der Waals surface area contributed by atoms with Gasteiger partial charge in [-0.25, -0.2) is 9.78 Å². The molecular weight excluding hydrogens is 360 g/mol. The average Bonchev–Trinajstić information content (AvgIpc) is 3.35. The standard InChI is InChI=1S/C21H16N2O5/c24-16-12-26-20(23-15-9-5-2-6-10-15)19(16)21(25)27-13-18-22-11-17(28-18)14-7-3-1-4-8-14/h1-11,23H,12-13H2. The zero-order chi connectivity index (χ0) is 19.3. The van der Waals surface area contributed by atoms with Gasteiger partial charge < -0.3 is 19.2 Å². The number of carbonyl (C=O) groups is 2. The van der Waals surface area contributed by atoms with Crippen LogP contribution < -0.4 is 5.32 Å². The van der Waals surface area contributed by atoms with E-state index in [9.17, 15) is 9.59 Å².